The summed E-state index contributed by atoms with van der Waals surface area (Å²) in [5.41, 5.74) is 1.93. The predicted octanol–water partition coefficient (Wildman–Crippen LogP) is 1.30. The highest BCUT2D eigenvalue weighted by Gasteiger charge is 2.17. The van der Waals surface area contributed by atoms with Crippen LogP contribution in [0.15, 0.2) is 24.4 Å². The van der Waals surface area contributed by atoms with Crippen LogP contribution >= 0.6 is 12.6 Å². The zero-order valence-electron chi connectivity index (χ0n) is 9.00. The fourth-order valence-electron chi connectivity index (χ4n) is 1.76. The molecule has 0 saturated carbocycles. The summed E-state index contributed by atoms with van der Waals surface area (Å²) in [6.45, 7) is 0. The first-order chi connectivity index (χ1) is 8.17. The van der Waals surface area contributed by atoms with Crippen LogP contribution in [-0.2, 0) is 0 Å². The van der Waals surface area contributed by atoms with Crippen LogP contribution in [0.4, 0.5) is 0 Å². The zero-order chi connectivity index (χ0) is 12.4. The fourth-order valence-corrected chi connectivity index (χ4v) is 1.96. The summed E-state index contributed by atoms with van der Waals surface area (Å²) in [6, 6.07) is 5.18. The normalized spacial score (nSPS) is 14.8. The Morgan fingerprint density at radius 3 is 2.82 bits per heavy atom. The molecule has 3 N–H and O–H groups in total. The smallest absolute Gasteiger partial charge is 0.152 e. The lowest BCUT2D eigenvalue weighted by molar-refractivity contribution is 0.0338. The summed E-state index contributed by atoms with van der Waals surface area (Å²) in [5.74, 6) is 0.173. The number of aromatic amines is 1. The predicted molar refractivity (Wildman–Crippen MR) is 68.5 cm³/mol. The highest BCUT2D eigenvalue weighted by atomic mass is 32.1. The van der Waals surface area contributed by atoms with Gasteiger partial charge in [0.2, 0.25) is 0 Å². The van der Waals surface area contributed by atoms with Crippen molar-refractivity contribution in [1.82, 2.24) is 4.98 Å². The van der Waals surface area contributed by atoms with E-state index in [0.717, 1.165) is 17.2 Å². The van der Waals surface area contributed by atoms with E-state index in [2.05, 4.69) is 17.6 Å². The second-order valence-electron chi connectivity index (χ2n) is 3.86. The molecule has 0 radical (unpaired) electrons. The van der Waals surface area contributed by atoms with Gasteiger partial charge >= 0.3 is 0 Å². The van der Waals surface area contributed by atoms with Crippen molar-refractivity contribution in [2.45, 2.75) is 12.2 Å². The first-order valence-corrected chi connectivity index (χ1v) is 5.84. The van der Waals surface area contributed by atoms with Gasteiger partial charge in [0.25, 0.3) is 0 Å². The molecule has 0 bridgehead atoms. The molecule has 0 aliphatic rings. The van der Waals surface area contributed by atoms with E-state index in [4.69, 9.17) is 0 Å². The van der Waals surface area contributed by atoms with Crippen LogP contribution in [0, 0.1) is 0 Å². The molecule has 0 aliphatic heterocycles. The number of aldehydes is 1. The maximum Gasteiger partial charge on any atom is 0.152 e. The summed E-state index contributed by atoms with van der Waals surface area (Å²) >= 11 is 3.93. The lowest BCUT2D eigenvalue weighted by Gasteiger charge is -2.16. The molecule has 90 valence electrons. The Morgan fingerprint density at radius 2 is 2.18 bits per heavy atom. The average Bonchev–Trinajstić information content (AvgIpc) is 2.78. The number of nitrogens with one attached hydrogen (secondary N) is 1. The van der Waals surface area contributed by atoms with Crippen molar-refractivity contribution in [1.29, 1.82) is 0 Å². The quantitative estimate of drug-likeness (QED) is 0.489. The highest BCUT2D eigenvalue weighted by molar-refractivity contribution is 7.80. The van der Waals surface area contributed by atoms with E-state index in [0.29, 0.717) is 11.1 Å². The molecular weight excluding hydrogens is 238 g/mol. The summed E-state index contributed by atoms with van der Waals surface area (Å²) < 4.78 is 0. The van der Waals surface area contributed by atoms with E-state index in [1.165, 1.54) is 0 Å². The van der Waals surface area contributed by atoms with Gasteiger partial charge < -0.3 is 15.2 Å². The Labute approximate surface area is 104 Å². The van der Waals surface area contributed by atoms with Gasteiger partial charge in [0.1, 0.15) is 6.10 Å². The van der Waals surface area contributed by atoms with Crippen molar-refractivity contribution in [3.63, 3.8) is 0 Å². The minimum Gasteiger partial charge on any atom is -0.389 e. The molecule has 17 heavy (non-hydrogen) atoms. The van der Waals surface area contributed by atoms with Gasteiger partial charge in [-0.05, 0) is 17.7 Å². The molecule has 0 fully saturated rings. The number of benzene rings is 1. The Morgan fingerprint density at radius 1 is 1.41 bits per heavy atom. The van der Waals surface area contributed by atoms with Crippen LogP contribution in [0.5, 0.6) is 0 Å². The monoisotopic (exact) mass is 251 g/mol. The van der Waals surface area contributed by atoms with Crippen LogP contribution in [0.1, 0.15) is 22.0 Å². The Hall–Kier alpha value is -1.30. The molecule has 5 heteroatoms. The number of hydrogen-bond donors (Lipinski definition) is 4. The van der Waals surface area contributed by atoms with Gasteiger partial charge in [-0.3, -0.25) is 4.79 Å². The fraction of sp³-hybridized carbons (Fsp3) is 0.250. The molecule has 0 aliphatic carbocycles. The van der Waals surface area contributed by atoms with Gasteiger partial charge in [-0.2, -0.15) is 12.6 Å². The van der Waals surface area contributed by atoms with Crippen LogP contribution < -0.4 is 0 Å². The van der Waals surface area contributed by atoms with Crippen molar-refractivity contribution in [3.8, 4) is 0 Å². The van der Waals surface area contributed by atoms with E-state index >= 15 is 0 Å². The lowest BCUT2D eigenvalue weighted by Crippen LogP contribution is -2.19. The van der Waals surface area contributed by atoms with Crippen LogP contribution in [0.3, 0.4) is 0 Å². The molecule has 0 saturated heterocycles. The topological polar surface area (TPSA) is 73.3 Å². The van der Waals surface area contributed by atoms with E-state index < -0.39 is 12.2 Å². The third kappa shape index (κ3) is 2.22. The zero-order valence-corrected chi connectivity index (χ0v) is 9.89. The third-order valence-corrected chi connectivity index (χ3v) is 3.13. The number of carbonyl (C=O) groups is 1. The van der Waals surface area contributed by atoms with E-state index in [1.807, 2.05) is 0 Å². The minimum absolute atomic E-state index is 0.173. The van der Waals surface area contributed by atoms with Gasteiger partial charge in [-0.15, -0.1) is 0 Å². The average molecular weight is 251 g/mol. The second-order valence-corrected chi connectivity index (χ2v) is 4.23. The molecule has 4 nitrogen and oxygen atoms in total. The molecule has 2 atom stereocenters. The summed E-state index contributed by atoms with van der Waals surface area (Å²) in [5, 5.41) is 20.1. The third-order valence-electron chi connectivity index (χ3n) is 2.76. The molecular formula is C12H13NO3S. The number of rotatable bonds is 4. The lowest BCUT2D eigenvalue weighted by atomic mass is 10.0. The largest absolute Gasteiger partial charge is 0.389 e. The van der Waals surface area contributed by atoms with Crippen LogP contribution in [-0.4, -0.2) is 33.3 Å². The number of thiol groups is 1. The number of carbonyl (C=O) groups excluding carboxylic acids is 1. The first-order valence-electron chi connectivity index (χ1n) is 5.20. The van der Waals surface area contributed by atoms with Gasteiger partial charge in [0.05, 0.1) is 6.10 Å². The summed E-state index contributed by atoms with van der Waals surface area (Å²) in [4.78, 5) is 13.8. The number of H-pyrrole nitrogens is 1. The molecule has 1 aromatic heterocycles. The summed E-state index contributed by atoms with van der Waals surface area (Å²) in [7, 11) is 0. The number of aromatic nitrogens is 1. The van der Waals surface area contributed by atoms with E-state index in [9.17, 15) is 15.0 Å². The Balaban J connectivity index is 2.45. The van der Waals surface area contributed by atoms with Crippen LogP contribution in [0.2, 0.25) is 0 Å². The minimum atomic E-state index is -0.994. The standard InChI is InChI=1S/C12H13NO3S/c14-5-8-4-13-10-2-1-7(3-9(8)10)12(16)11(15)6-17/h1-5,11-13,15-17H,6H2. The van der Waals surface area contributed by atoms with Crippen molar-refractivity contribution < 1.29 is 15.0 Å². The van der Waals surface area contributed by atoms with Crippen molar-refractivity contribution in [2.75, 3.05) is 5.75 Å². The van der Waals surface area contributed by atoms with Gasteiger partial charge in [-0.25, -0.2) is 0 Å². The molecule has 0 amide bonds. The number of hydrogen-bond acceptors (Lipinski definition) is 4. The number of aliphatic hydroxyl groups excluding tert-OH is 2. The number of aliphatic hydroxyl groups is 2. The van der Waals surface area contributed by atoms with E-state index in [1.54, 1.807) is 24.4 Å². The van der Waals surface area contributed by atoms with Gasteiger partial charge in [0, 0.05) is 28.4 Å². The van der Waals surface area contributed by atoms with E-state index in [-0.39, 0.29) is 5.75 Å². The maximum absolute atomic E-state index is 10.8. The van der Waals surface area contributed by atoms with Crippen molar-refractivity contribution >= 4 is 29.8 Å². The molecule has 2 unspecified atom stereocenters. The van der Waals surface area contributed by atoms with Gasteiger partial charge in [-0.1, -0.05) is 6.07 Å². The van der Waals surface area contributed by atoms with Crippen LogP contribution in [0.25, 0.3) is 10.9 Å². The molecule has 1 heterocycles. The molecule has 2 aromatic rings. The molecule has 1 aromatic carbocycles. The Bertz CT molecular complexity index is 538. The second kappa shape index (κ2) is 4.91. The Kier molecular flexibility index (Phi) is 3.51. The SMILES string of the molecule is O=Cc1c[nH]c2ccc(C(O)C(O)CS)cc12. The number of fused-ring (bicyclic) bond motifs is 1. The molecule has 2 rings (SSSR count). The maximum atomic E-state index is 10.8. The highest BCUT2D eigenvalue weighted by Crippen LogP contribution is 2.24. The molecule has 0 spiro atoms. The first kappa shape index (κ1) is 12.2. The van der Waals surface area contributed by atoms with Gasteiger partial charge in [0.15, 0.2) is 6.29 Å². The summed E-state index contributed by atoms with van der Waals surface area (Å²) in [6.07, 6.45) is 0.452. The van der Waals surface area contributed by atoms with Crippen molar-refractivity contribution in [2.24, 2.45) is 0 Å². The van der Waals surface area contributed by atoms with Crippen molar-refractivity contribution in [3.05, 3.63) is 35.5 Å².